The molecule has 2 aromatic carbocycles. The molecular formula is C26H26FN3O5S. The second-order valence-electron chi connectivity index (χ2n) is 8.81. The van der Waals surface area contributed by atoms with Gasteiger partial charge in [-0.05, 0) is 67.9 Å². The van der Waals surface area contributed by atoms with Crippen molar-refractivity contribution in [1.29, 1.82) is 0 Å². The van der Waals surface area contributed by atoms with E-state index in [1.807, 2.05) is 0 Å². The molecule has 1 saturated heterocycles. The summed E-state index contributed by atoms with van der Waals surface area (Å²) in [5.41, 5.74) is 1.22. The van der Waals surface area contributed by atoms with Crippen LogP contribution in [-0.2, 0) is 4.79 Å². The predicted molar refractivity (Wildman–Crippen MR) is 132 cm³/mol. The van der Waals surface area contributed by atoms with Gasteiger partial charge in [0.2, 0.25) is 0 Å². The number of aliphatic hydroxyl groups is 1. The number of aliphatic hydroxyl groups excluding tert-OH is 1. The zero-order chi connectivity index (χ0) is 25.1. The molecule has 1 amide bonds. The van der Waals surface area contributed by atoms with E-state index in [0.29, 0.717) is 47.4 Å². The fourth-order valence-electron chi connectivity index (χ4n) is 4.40. The molecule has 0 spiro atoms. The van der Waals surface area contributed by atoms with Gasteiger partial charge in [-0.1, -0.05) is 6.07 Å². The number of fused-ring (bicyclic) bond motifs is 1. The third-order valence-corrected chi connectivity index (χ3v) is 7.18. The Morgan fingerprint density at radius 2 is 1.81 bits per heavy atom. The van der Waals surface area contributed by atoms with Gasteiger partial charge in [-0.25, -0.2) is 9.37 Å². The molecule has 0 aliphatic carbocycles. The molecule has 0 saturated carbocycles. The van der Waals surface area contributed by atoms with Crippen molar-refractivity contribution < 1.29 is 28.6 Å². The van der Waals surface area contributed by atoms with E-state index in [2.05, 4.69) is 15.2 Å². The summed E-state index contributed by atoms with van der Waals surface area (Å²) in [6.07, 6.45) is 1.03. The number of hydrogen-bond donors (Lipinski definition) is 2. The van der Waals surface area contributed by atoms with Gasteiger partial charge in [-0.2, -0.15) is 0 Å². The number of ketones is 1. The van der Waals surface area contributed by atoms with Crippen LogP contribution in [0.1, 0.15) is 35.0 Å². The average molecular weight is 512 g/mol. The van der Waals surface area contributed by atoms with Crippen LogP contribution in [0.15, 0.2) is 47.8 Å². The van der Waals surface area contributed by atoms with E-state index in [1.165, 1.54) is 28.8 Å². The lowest BCUT2D eigenvalue weighted by molar-refractivity contribution is -0.118. The van der Waals surface area contributed by atoms with Crippen molar-refractivity contribution in [3.63, 3.8) is 0 Å². The smallest absolute Gasteiger partial charge is 0.294 e. The average Bonchev–Trinajstić information content (AvgIpc) is 3.60. The molecule has 3 heterocycles. The van der Waals surface area contributed by atoms with E-state index in [4.69, 9.17) is 9.47 Å². The zero-order valence-electron chi connectivity index (χ0n) is 19.5. The third-order valence-electron chi connectivity index (χ3n) is 6.29. The molecule has 2 aliphatic heterocycles. The molecule has 1 aromatic heterocycles. The largest absolute Gasteiger partial charge is 0.486 e. The van der Waals surface area contributed by atoms with Crippen molar-refractivity contribution in [1.82, 2.24) is 15.2 Å². The maximum absolute atomic E-state index is 13.2. The van der Waals surface area contributed by atoms with Crippen molar-refractivity contribution in [2.24, 2.45) is 0 Å². The van der Waals surface area contributed by atoms with E-state index in [-0.39, 0.29) is 11.5 Å². The van der Waals surface area contributed by atoms with E-state index < -0.39 is 23.8 Å². The van der Waals surface area contributed by atoms with Gasteiger partial charge in [-0.15, -0.1) is 11.3 Å². The molecule has 8 nitrogen and oxygen atoms in total. The minimum Gasteiger partial charge on any atom is -0.486 e. The topological polar surface area (TPSA) is 101 Å². The SMILES string of the molecule is O=C(N[C@H](CN1CCCC1)[C@H](O)c1ccc2c(c1)OCCO2)C(=O)c1csc(-c2ccc(F)cc2)n1. The Kier molecular flexibility index (Phi) is 7.26. The summed E-state index contributed by atoms with van der Waals surface area (Å²) in [5, 5.41) is 16.0. The van der Waals surface area contributed by atoms with Gasteiger partial charge in [0.15, 0.2) is 11.5 Å². The highest BCUT2D eigenvalue weighted by atomic mass is 32.1. The summed E-state index contributed by atoms with van der Waals surface area (Å²) in [5.74, 6) is -0.859. The number of hydrogen-bond acceptors (Lipinski definition) is 8. The fraction of sp³-hybridized carbons (Fsp3) is 0.346. The quantitative estimate of drug-likeness (QED) is 0.354. The number of nitrogens with one attached hydrogen (secondary N) is 1. The van der Waals surface area contributed by atoms with Crippen LogP contribution in [-0.4, -0.2) is 65.6 Å². The van der Waals surface area contributed by atoms with Crippen LogP contribution < -0.4 is 14.8 Å². The van der Waals surface area contributed by atoms with Gasteiger partial charge in [0.05, 0.1) is 6.04 Å². The highest BCUT2D eigenvalue weighted by molar-refractivity contribution is 7.13. The molecule has 188 valence electrons. The lowest BCUT2D eigenvalue weighted by Gasteiger charge is -2.29. The number of benzene rings is 2. The Labute approximate surface area is 211 Å². The van der Waals surface area contributed by atoms with Gasteiger partial charge >= 0.3 is 0 Å². The highest BCUT2D eigenvalue weighted by Crippen LogP contribution is 2.33. The molecule has 0 bridgehead atoms. The Morgan fingerprint density at radius 3 is 2.56 bits per heavy atom. The number of thiazole rings is 1. The number of carbonyl (C=O) groups excluding carboxylic acids is 2. The predicted octanol–water partition coefficient (Wildman–Crippen LogP) is 3.22. The fourth-order valence-corrected chi connectivity index (χ4v) is 5.20. The van der Waals surface area contributed by atoms with Crippen molar-refractivity contribution in [3.05, 3.63) is 64.9 Å². The summed E-state index contributed by atoms with van der Waals surface area (Å²) in [6.45, 7) is 3.00. The molecule has 36 heavy (non-hydrogen) atoms. The van der Waals surface area contributed by atoms with E-state index in [1.54, 1.807) is 30.3 Å². The minimum absolute atomic E-state index is 0.00515. The van der Waals surface area contributed by atoms with E-state index in [9.17, 15) is 19.1 Å². The van der Waals surface area contributed by atoms with Crippen LogP contribution in [0.4, 0.5) is 4.39 Å². The van der Waals surface area contributed by atoms with Crippen molar-refractivity contribution >= 4 is 23.0 Å². The second-order valence-corrected chi connectivity index (χ2v) is 9.67. The van der Waals surface area contributed by atoms with Crippen LogP contribution in [0.3, 0.4) is 0 Å². The lowest BCUT2D eigenvalue weighted by atomic mass is 10.0. The molecule has 0 radical (unpaired) electrons. The normalized spacial score (nSPS) is 16.9. The minimum atomic E-state index is -1.07. The number of carbonyl (C=O) groups is 2. The molecule has 2 atom stereocenters. The first-order valence-electron chi connectivity index (χ1n) is 11.8. The van der Waals surface area contributed by atoms with Crippen LogP contribution in [0.25, 0.3) is 10.6 Å². The Balaban J connectivity index is 1.32. The van der Waals surface area contributed by atoms with Gasteiger partial charge in [0.25, 0.3) is 11.7 Å². The lowest BCUT2D eigenvalue weighted by Crippen LogP contribution is -2.48. The third kappa shape index (κ3) is 5.40. The van der Waals surface area contributed by atoms with Gasteiger partial charge in [-0.3, -0.25) is 9.59 Å². The van der Waals surface area contributed by atoms with Crippen LogP contribution in [0.2, 0.25) is 0 Å². The van der Waals surface area contributed by atoms with Crippen LogP contribution >= 0.6 is 11.3 Å². The second kappa shape index (κ2) is 10.7. The first kappa shape index (κ1) is 24.4. The van der Waals surface area contributed by atoms with Crippen LogP contribution in [0, 0.1) is 5.82 Å². The Hall–Kier alpha value is -3.34. The van der Waals surface area contributed by atoms with Gasteiger partial charge in [0.1, 0.15) is 35.8 Å². The summed E-state index contributed by atoms with van der Waals surface area (Å²) in [6, 6.07) is 10.2. The van der Waals surface area contributed by atoms with Crippen molar-refractivity contribution in [2.45, 2.75) is 25.0 Å². The maximum atomic E-state index is 13.2. The summed E-state index contributed by atoms with van der Waals surface area (Å²) in [4.78, 5) is 32.3. The standard InChI is InChI=1S/C26H26FN3O5S/c27-18-6-3-16(4-7-18)26-29-20(15-36-26)24(32)25(33)28-19(14-30-9-1-2-10-30)23(31)17-5-8-21-22(13-17)35-12-11-34-21/h3-8,13,15,19,23,31H,1-2,9-12,14H2,(H,28,33)/t19-,23-/m1/s1. The number of likely N-dealkylation sites (tertiary alicyclic amines) is 1. The number of Topliss-reactive ketones (excluding diaryl/α,β-unsaturated/α-hetero) is 1. The van der Waals surface area contributed by atoms with E-state index >= 15 is 0 Å². The molecule has 10 heteroatoms. The van der Waals surface area contributed by atoms with Gasteiger partial charge < -0.3 is 24.8 Å². The summed E-state index contributed by atoms with van der Waals surface area (Å²) in [7, 11) is 0. The van der Waals surface area contributed by atoms with Crippen LogP contribution in [0.5, 0.6) is 11.5 Å². The van der Waals surface area contributed by atoms with Crippen molar-refractivity contribution in [3.8, 4) is 22.1 Å². The molecule has 1 fully saturated rings. The number of halogens is 1. The molecule has 0 unspecified atom stereocenters. The monoisotopic (exact) mass is 511 g/mol. The number of aromatic nitrogens is 1. The number of ether oxygens (including phenoxy) is 2. The summed E-state index contributed by atoms with van der Waals surface area (Å²) >= 11 is 1.20. The molecule has 2 aliphatic rings. The van der Waals surface area contributed by atoms with E-state index in [0.717, 1.165) is 25.9 Å². The first-order valence-corrected chi connectivity index (χ1v) is 12.7. The Morgan fingerprint density at radius 1 is 1.08 bits per heavy atom. The summed E-state index contributed by atoms with van der Waals surface area (Å²) < 4.78 is 24.4. The van der Waals surface area contributed by atoms with Crippen molar-refractivity contribution in [2.75, 3.05) is 32.8 Å². The maximum Gasteiger partial charge on any atom is 0.294 e. The molecule has 5 rings (SSSR count). The molecule has 2 N–H and O–H groups in total. The molecular weight excluding hydrogens is 485 g/mol. The number of rotatable bonds is 8. The number of amides is 1. The van der Waals surface area contributed by atoms with Gasteiger partial charge in [0, 0.05) is 17.5 Å². The zero-order valence-corrected chi connectivity index (χ0v) is 20.3. The first-order chi connectivity index (χ1) is 17.5. The number of nitrogens with zero attached hydrogens (tertiary/aromatic N) is 2. The molecule has 3 aromatic rings. The Bertz CT molecular complexity index is 1240. The highest BCUT2D eigenvalue weighted by Gasteiger charge is 2.30.